The van der Waals surface area contributed by atoms with Gasteiger partial charge < -0.3 is 15.1 Å². The van der Waals surface area contributed by atoms with Crippen molar-refractivity contribution in [2.45, 2.75) is 25.8 Å². The summed E-state index contributed by atoms with van der Waals surface area (Å²) in [5, 5.41) is 4.15. The molecule has 0 bridgehead atoms. The Balaban J connectivity index is 1.92. The number of thiocarbonyl (C=S) groups is 1. The van der Waals surface area contributed by atoms with Crippen LogP contribution in [0.4, 0.5) is 5.69 Å². The second kappa shape index (κ2) is 6.35. The number of nitrogens with zero attached hydrogens (tertiary/aromatic N) is 2. The third kappa shape index (κ3) is 3.91. The second-order valence-corrected chi connectivity index (χ2v) is 5.83. The lowest BCUT2D eigenvalue weighted by molar-refractivity contribution is 0.193. The van der Waals surface area contributed by atoms with Gasteiger partial charge in [-0.1, -0.05) is 12.1 Å². The van der Waals surface area contributed by atoms with Crippen LogP contribution in [0.2, 0.25) is 0 Å². The summed E-state index contributed by atoms with van der Waals surface area (Å²) < 4.78 is 0. The summed E-state index contributed by atoms with van der Waals surface area (Å²) in [6, 6.07) is 8.88. The molecule has 1 aromatic carbocycles. The van der Waals surface area contributed by atoms with Crippen LogP contribution in [0.1, 0.15) is 18.4 Å². The van der Waals surface area contributed by atoms with Crippen molar-refractivity contribution in [3.63, 3.8) is 0 Å². The Labute approximate surface area is 121 Å². The molecular formula is C15H23N3S. The molecular weight excluding hydrogens is 254 g/mol. The first-order valence-electron chi connectivity index (χ1n) is 6.85. The molecule has 0 aromatic heterocycles. The topological polar surface area (TPSA) is 18.5 Å². The van der Waals surface area contributed by atoms with Gasteiger partial charge in [-0.2, -0.15) is 0 Å². The van der Waals surface area contributed by atoms with Crippen molar-refractivity contribution in [3.8, 4) is 0 Å². The van der Waals surface area contributed by atoms with E-state index in [0.29, 0.717) is 6.04 Å². The summed E-state index contributed by atoms with van der Waals surface area (Å²) in [5.41, 5.74) is 2.32. The van der Waals surface area contributed by atoms with E-state index >= 15 is 0 Å². The van der Waals surface area contributed by atoms with Crippen molar-refractivity contribution in [2.24, 2.45) is 0 Å². The predicted octanol–water partition coefficient (Wildman–Crippen LogP) is 2.72. The molecule has 3 nitrogen and oxygen atoms in total. The highest BCUT2D eigenvalue weighted by Gasteiger charge is 2.22. The number of benzene rings is 1. The van der Waals surface area contributed by atoms with Gasteiger partial charge in [0.05, 0.1) is 0 Å². The summed E-state index contributed by atoms with van der Waals surface area (Å²) in [6.07, 6.45) is 2.37. The van der Waals surface area contributed by atoms with Crippen molar-refractivity contribution in [1.29, 1.82) is 0 Å². The van der Waals surface area contributed by atoms with Gasteiger partial charge in [0.15, 0.2) is 5.11 Å². The molecule has 1 aliphatic rings. The van der Waals surface area contributed by atoms with Crippen LogP contribution in [0.3, 0.4) is 0 Å². The van der Waals surface area contributed by atoms with E-state index in [1.807, 2.05) is 0 Å². The summed E-state index contributed by atoms with van der Waals surface area (Å²) in [7, 11) is 4.28. The molecule has 2 rings (SSSR count). The zero-order chi connectivity index (χ0) is 13.8. The molecule has 1 aromatic rings. The Bertz CT molecular complexity index is 439. The van der Waals surface area contributed by atoms with Crippen molar-refractivity contribution >= 4 is 23.0 Å². The van der Waals surface area contributed by atoms with Gasteiger partial charge in [-0.05, 0) is 69.8 Å². The Kier molecular flexibility index (Phi) is 4.77. The molecule has 0 atom stereocenters. The third-order valence-corrected chi connectivity index (χ3v) is 4.22. The largest absolute Gasteiger partial charge is 0.349 e. The number of rotatable bonds is 2. The zero-order valence-electron chi connectivity index (χ0n) is 12.0. The molecule has 104 valence electrons. The number of hydrogen-bond acceptors (Lipinski definition) is 2. The van der Waals surface area contributed by atoms with Gasteiger partial charge in [-0.15, -0.1) is 0 Å². The highest BCUT2D eigenvalue weighted by molar-refractivity contribution is 7.80. The second-order valence-electron chi connectivity index (χ2n) is 5.44. The fourth-order valence-electron chi connectivity index (χ4n) is 2.48. The van der Waals surface area contributed by atoms with Gasteiger partial charge in [0.1, 0.15) is 0 Å². The lowest BCUT2D eigenvalue weighted by atomic mass is 10.0. The first-order valence-corrected chi connectivity index (χ1v) is 7.26. The Morgan fingerprint density at radius 2 is 2.05 bits per heavy atom. The van der Waals surface area contributed by atoms with Gasteiger partial charge in [-0.25, -0.2) is 0 Å². The van der Waals surface area contributed by atoms with Crippen molar-refractivity contribution in [3.05, 3.63) is 29.8 Å². The molecule has 0 amide bonds. The van der Waals surface area contributed by atoms with E-state index in [0.717, 1.165) is 23.9 Å². The van der Waals surface area contributed by atoms with E-state index in [4.69, 9.17) is 12.2 Å². The first kappa shape index (κ1) is 14.3. The van der Waals surface area contributed by atoms with Crippen LogP contribution in [-0.2, 0) is 0 Å². The van der Waals surface area contributed by atoms with Crippen LogP contribution in [0, 0.1) is 6.92 Å². The number of piperidine rings is 1. The third-order valence-electron chi connectivity index (χ3n) is 3.83. The normalized spacial score (nSPS) is 17.2. The van der Waals surface area contributed by atoms with Gasteiger partial charge in [-0.3, -0.25) is 0 Å². The molecule has 1 N–H and O–H groups in total. The predicted molar refractivity (Wildman–Crippen MR) is 85.7 cm³/mol. The van der Waals surface area contributed by atoms with E-state index in [9.17, 15) is 0 Å². The van der Waals surface area contributed by atoms with E-state index in [1.165, 1.54) is 18.4 Å². The van der Waals surface area contributed by atoms with Crippen LogP contribution < -0.4 is 5.32 Å². The monoisotopic (exact) mass is 277 g/mol. The molecule has 0 radical (unpaired) electrons. The summed E-state index contributed by atoms with van der Waals surface area (Å²) in [4.78, 5) is 4.59. The van der Waals surface area contributed by atoms with Gasteiger partial charge in [0.2, 0.25) is 0 Å². The fraction of sp³-hybridized carbons (Fsp3) is 0.533. The van der Waals surface area contributed by atoms with E-state index in [1.54, 1.807) is 0 Å². The molecule has 1 fully saturated rings. The maximum absolute atomic E-state index is 5.51. The molecule has 4 heteroatoms. The number of hydrogen-bond donors (Lipinski definition) is 1. The van der Waals surface area contributed by atoms with Crippen molar-refractivity contribution in [2.75, 3.05) is 32.5 Å². The molecule has 0 aliphatic carbocycles. The van der Waals surface area contributed by atoms with E-state index in [-0.39, 0.29) is 0 Å². The van der Waals surface area contributed by atoms with Crippen LogP contribution in [0.15, 0.2) is 24.3 Å². The zero-order valence-corrected chi connectivity index (χ0v) is 12.8. The van der Waals surface area contributed by atoms with Crippen molar-refractivity contribution < 1.29 is 0 Å². The lowest BCUT2D eigenvalue weighted by Crippen LogP contribution is -2.45. The average Bonchev–Trinajstić information content (AvgIpc) is 2.39. The lowest BCUT2D eigenvalue weighted by Gasteiger charge is -2.36. The fourth-order valence-corrected chi connectivity index (χ4v) is 2.75. The van der Waals surface area contributed by atoms with Crippen LogP contribution in [-0.4, -0.2) is 48.1 Å². The smallest absolute Gasteiger partial charge is 0.173 e. The summed E-state index contributed by atoms with van der Waals surface area (Å²) in [5.74, 6) is 0. The van der Waals surface area contributed by atoms with E-state index < -0.39 is 0 Å². The van der Waals surface area contributed by atoms with Gasteiger partial charge in [0.25, 0.3) is 0 Å². The highest BCUT2D eigenvalue weighted by Crippen LogP contribution is 2.16. The van der Waals surface area contributed by atoms with Gasteiger partial charge >= 0.3 is 0 Å². The van der Waals surface area contributed by atoms with Crippen LogP contribution in [0.5, 0.6) is 0 Å². The molecule has 1 saturated heterocycles. The number of aryl methyl sites for hydroxylation is 1. The van der Waals surface area contributed by atoms with Crippen LogP contribution in [0.25, 0.3) is 0 Å². The van der Waals surface area contributed by atoms with Crippen molar-refractivity contribution in [1.82, 2.24) is 9.80 Å². The summed E-state index contributed by atoms with van der Waals surface area (Å²) >= 11 is 5.51. The molecule has 0 spiro atoms. The Morgan fingerprint density at radius 3 is 2.68 bits per heavy atom. The van der Waals surface area contributed by atoms with Crippen LogP contribution >= 0.6 is 12.2 Å². The van der Waals surface area contributed by atoms with Gasteiger partial charge in [0, 0.05) is 18.8 Å². The minimum absolute atomic E-state index is 0.556. The Morgan fingerprint density at radius 1 is 1.37 bits per heavy atom. The molecule has 0 unspecified atom stereocenters. The molecule has 0 saturated carbocycles. The maximum atomic E-state index is 5.51. The van der Waals surface area contributed by atoms with E-state index in [2.05, 4.69) is 60.4 Å². The number of likely N-dealkylation sites (tertiary alicyclic amines) is 1. The highest BCUT2D eigenvalue weighted by atomic mass is 32.1. The SMILES string of the molecule is Cc1cccc(NC(=S)N(C)C2CCN(C)CC2)c1. The quantitative estimate of drug-likeness (QED) is 0.838. The standard InChI is InChI=1S/C15H23N3S/c1-12-5-4-6-13(11-12)16-15(19)18(3)14-7-9-17(2)10-8-14/h4-6,11,14H,7-10H2,1-3H3,(H,16,19). The first-order chi connectivity index (χ1) is 9.06. The Hall–Kier alpha value is -1.13. The number of anilines is 1. The maximum Gasteiger partial charge on any atom is 0.173 e. The minimum Gasteiger partial charge on any atom is -0.349 e. The number of nitrogens with one attached hydrogen (secondary N) is 1. The molecule has 1 aliphatic heterocycles. The molecule has 19 heavy (non-hydrogen) atoms. The summed E-state index contributed by atoms with van der Waals surface area (Å²) in [6.45, 7) is 4.40. The minimum atomic E-state index is 0.556. The molecule has 1 heterocycles. The average molecular weight is 277 g/mol.